The maximum Gasteiger partial charge on any atom is 0.239 e. The quantitative estimate of drug-likeness (QED) is 0.876. The molecule has 0 saturated carbocycles. The van der Waals surface area contributed by atoms with Crippen molar-refractivity contribution in [3.63, 3.8) is 0 Å². The average Bonchev–Trinajstić information content (AvgIpc) is 2.31. The van der Waals surface area contributed by atoms with Crippen molar-refractivity contribution in [1.82, 2.24) is 0 Å². The Morgan fingerprint density at radius 2 is 2.10 bits per heavy atom. The summed E-state index contributed by atoms with van der Waals surface area (Å²) >= 11 is 5.75. The van der Waals surface area contributed by atoms with Gasteiger partial charge in [0.15, 0.2) is 9.84 Å². The summed E-state index contributed by atoms with van der Waals surface area (Å²) in [5, 5.41) is 2.39. The van der Waals surface area contributed by atoms with Crippen molar-refractivity contribution in [2.24, 2.45) is 5.92 Å². The molecule has 112 valence electrons. The molecular formula is C13H17ClFNO3S. The molecule has 0 spiro atoms. The Bertz CT molecular complexity index is 589. The van der Waals surface area contributed by atoms with Crippen LogP contribution < -0.4 is 5.32 Å². The summed E-state index contributed by atoms with van der Waals surface area (Å²) < 4.78 is 36.4. The van der Waals surface area contributed by atoms with E-state index in [4.69, 9.17) is 11.6 Å². The maximum absolute atomic E-state index is 12.8. The number of hydrogen-bond donors (Lipinski definition) is 1. The molecule has 4 nitrogen and oxygen atoms in total. The lowest BCUT2D eigenvalue weighted by molar-refractivity contribution is -0.113. The molecule has 0 heterocycles. The number of amides is 1. The monoisotopic (exact) mass is 321 g/mol. The minimum Gasteiger partial charge on any atom is -0.324 e. The number of benzene rings is 1. The Labute approximate surface area is 123 Å². The van der Waals surface area contributed by atoms with Gasteiger partial charge in [0.05, 0.1) is 16.5 Å². The van der Waals surface area contributed by atoms with Gasteiger partial charge in [0.2, 0.25) is 5.91 Å². The average molecular weight is 322 g/mol. The SMILES string of the molecule is CC[C@@H](C)CS(=O)(=O)CC(=O)Nc1ccc(F)cc1Cl. The Hall–Kier alpha value is -1.14. The van der Waals surface area contributed by atoms with Crippen molar-refractivity contribution in [2.45, 2.75) is 20.3 Å². The highest BCUT2D eigenvalue weighted by Gasteiger charge is 2.20. The van der Waals surface area contributed by atoms with Crippen LogP contribution >= 0.6 is 11.6 Å². The van der Waals surface area contributed by atoms with E-state index in [0.717, 1.165) is 18.6 Å². The van der Waals surface area contributed by atoms with Gasteiger partial charge < -0.3 is 5.32 Å². The molecule has 1 N–H and O–H groups in total. The minimum absolute atomic E-state index is 0.00205. The van der Waals surface area contributed by atoms with Gasteiger partial charge in [0.25, 0.3) is 0 Å². The van der Waals surface area contributed by atoms with Gasteiger partial charge in [-0.05, 0) is 24.1 Å². The molecule has 0 aliphatic rings. The van der Waals surface area contributed by atoms with Crippen LogP contribution in [0, 0.1) is 11.7 Å². The van der Waals surface area contributed by atoms with E-state index < -0.39 is 27.3 Å². The number of sulfone groups is 1. The smallest absolute Gasteiger partial charge is 0.239 e. The van der Waals surface area contributed by atoms with Crippen LogP contribution in [0.4, 0.5) is 10.1 Å². The highest BCUT2D eigenvalue weighted by Crippen LogP contribution is 2.22. The van der Waals surface area contributed by atoms with E-state index in [1.54, 1.807) is 0 Å². The normalized spacial score (nSPS) is 13.0. The second-order valence-corrected chi connectivity index (χ2v) is 7.26. The molecule has 20 heavy (non-hydrogen) atoms. The van der Waals surface area contributed by atoms with Gasteiger partial charge >= 0.3 is 0 Å². The Kier molecular flexibility index (Phi) is 5.95. The van der Waals surface area contributed by atoms with Crippen molar-refractivity contribution in [2.75, 3.05) is 16.8 Å². The number of anilines is 1. The summed E-state index contributed by atoms with van der Waals surface area (Å²) in [7, 11) is -3.46. The number of carbonyl (C=O) groups excluding carboxylic acids is 1. The first-order valence-corrected chi connectivity index (χ1v) is 8.38. The summed E-state index contributed by atoms with van der Waals surface area (Å²) in [6.45, 7) is 3.70. The van der Waals surface area contributed by atoms with Crippen LogP contribution in [-0.2, 0) is 14.6 Å². The van der Waals surface area contributed by atoms with Gasteiger partial charge in [-0.15, -0.1) is 0 Å². The van der Waals surface area contributed by atoms with E-state index in [1.807, 2.05) is 13.8 Å². The molecule has 0 saturated heterocycles. The van der Waals surface area contributed by atoms with Crippen molar-refractivity contribution >= 4 is 33.0 Å². The zero-order valence-electron chi connectivity index (χ0n) is 11.3. The van der Waals surface area contributed by atoms with Crippen LogP contribution in [0.1, 0.15) is 20.3 Å². The third kappa shape index (κ3) is 5.46. The molecule has 0 fully saturated rings. The van der Waals surface area contributed by atoms with Crippen LogP contribution in [-0.4, -0.2) is 25.8 Å². The molecule has 0 aliphatic heterocycles. The van der Waals surface area contributed by atoms with Crippen molar-refractivity contribution < 1.29 is 17.6 Å². The Balaban J connectivity index is 2.68. The van der Waals surface area contributed by atoms with E-state index in [1.165, 1.54) is 6.07 Å². The lowest BCUT2D eigenvalue weighted by Crippen LogP contribution is -2.26. The van der Waals surface area contributed by atoms with Gasteiger partial charge in [0, 0.05) is 0 Å². The summed E-state index contributed by atoms with van der Waals surface area (Å²) in [5.41, 5.74) is 0.191. The van der Waals surface area contributed by atoms with Gasteiger partial charge in [-0.3, -0.25) is 4.79 Å². The van der Waals surface area contributed by atoms with Crippen LogP contribution in [0.5, 0.6) is 0 Å². The van der Waals surface area contributed by atoms with Crippen LogP contribution in [0.3, 0.4) is 0 Å². The zero-order valence-corrected chi connectivity index (χ0v) is 12.9. The van der Waals surface area contributed by atoms with Crippen LogP contribution in [0.15, 0.2) is 18.2 Å². The number of hydrogen-bond acceptors (Lipinski definition) is 3. The van der Waals surface area contributed by atoms with Gasteiger partial charge in [-0.2, -0.15) is 0 Å². The van der Waals surface area contributed by atoms with E-state index in [-0.39, 0.29) is 22.4 Å². The summed E-state index contributed by atoms with van der Waals surface area (Å²) in [4.78, 5) is 11.7. The topological polar surface area (TPSA) is 63.2 Å². The first-order valence-electron chi connectivity index (χ1n) is 6.19. The molecule has 0 aliphatic carbocycles. The molecule has 7 heteroatoms. The van der Waals surface area contributed by atoms with E-state index in [2.05, 4.69) is 5.32 Å². The molecule has 1 atom stereocenters. The third-order valence-electron chi connectivity index (χ3n) is 2.79. The molecule has 1 amide bonds. The van der Waals surface area contributed by atoms with Crippen LogP contribution in [0.25, 0.3) is 0 Å². The molecule has 1 rings (SSSR count). The fourth-order valence-corrected chi connectivity index (χ4v) is 3.49. The zero-order chi connectivity index (χ0) is 15.3. The molecule has 1 aromatic rings. The number of nitrogens with one attached hydrogen (secondary N) is 1. The fraction of sp³-hybridized carbons (Fsp3) is 0.462. The largest absolute Gasteiger partial charge is 0.324 e. The number of carbonyl (C=O) groups is 1. The van der Waals surface area contributed by atoms with Crippen molar-refractivity contribution in [1.29, 1.82) is 0 Å². The minimum atomic E-state index is -3.46. The third-order valence-corrected chi connectivity index (χ3v) is 4.88. The molecule has 0 radical (unpaired) electrons. The lowest BCUT2D eigenvalue weighted by Gasteiger charge is -2.10. The van der Waals surface area contributed by atoms with Crippen LogP contribution in [0.2, 0.25) is 5.02 Å². The number of halogens is 2. The van der Waals surface area contributed by atoms with Gasteiger partial charge in [-0.25, -0.2) is 12.8 Å². The van der Waals surface area contributed by atoms with E-state index in [0.29, 0.717) is 0 Å². The standard InChI is InChI=1S/C13H17ClFNO3S/c1-3-9(2)7-20(18,19)8-13(17)16-12-5-4-10(15)6-11(12)14/h4-6,9H,3,7-8H2,1-2H3,(H,16,17)/t9-/m1/s1. The molecule has 0 unspecified atom stereocenters. The van der Waals surface area contributed by atoms with E-state index >= 15 is 0 Å². The fourth-order valence-electron chi connectivity index (χ4n) is 1.59. The highest BCUT2D eigenvalue weighted by atomic mass is 35.5. The van der Waals surface area contributed by atoms with E-state index in [9.17, 15) is 17.6 Å². The summed E-state index contributed by atoms with van der Waals surface area (Å²) in [6, 6.07) is 3.47. The second kappa shape index (κ2) is 7.04. The van der Waals surface area contributed by atoms with Gasteiger partial charge in [0.1, 0.15) is 11.6 Å². The summed E-state index contributed by atoms with van der Waals surface area (Å²) in [6.07, 6.45) is 0.727. The number of rotatable bonds is 6. The lowest BCUT2D eigenvalue weighted by atomic mass is 10.2. The van der Waals surface area contributed by atoms with Crippen molar-refractivity contribution in [3.8, 4) is 0 Å². The first kappa shape index (κ1) is 16.9. The molecular weight excluding hydrogens is 305 g/mol. The van der Waals surface area contributed by atoms with Crippen molar-refractivity contribution in [3.05, 3.63) is 29.0 Å². The molecule has 0 aromatic heterocycles. The highest BCUT2D eigenvalue weighted by molar-refractivity contribution is 7.92. The van der Waals surface area contributed by atoms with Gasteiger partial charge in [-0.1, -0.05) is 31.9 Å². The Morgan fingerprint density at radius 3 is 2.65 bits per heavy atom. The maximum atomic E-state index is 12.8. The second-order valence-electron chi connectivity index (χ2n) is 4.74. The summed E-state index contributed by atoms with van der Waals surface area (Å²) in [5.74, 6) is -1.85. The molecule has 1 aromatic carbocycles. The predicted octanol–water partition coefficient (Wildman–Crippen LogP) is 2.88. The Morgan fingerprint density at radius 1 is 1.45 bits per heavy atom. The predicted molar refractivity (Wildman–Crippen MR) is 78.1 cm³/mol. The first-order chi connectivity index (χ1) is 9.23. The molecule has 0 bridgehead atoms.